The molecule has 144 valence electrons. The highest BCUT2D eigenvalue weighted by molar-refractivity contribution is 5.95. The summed E-state index contributed by atoms with van der Waals surface area (Å²) in [6, 6.07) is 8.82. The fourth-order valence-corrected chi connectivity index (χ4v) is 2.23. The van der Waals surface area contributed by atoms with Crippen LogP contribution in [0, 0.1) is 12.8 Å². The molecular weight excluding hydrogens is 359 g/mol. The Hall–Kier alpha value is -2.90. The zero-order valence-corrected chi connectivity index (χ0v) is 15.1. The van der Waals surface area contributed by atoms with Gasteiger partial charge in [-0.1, -0.05) is 26.0 Å². The van der Waals surface area contributed by atoms with E-state index in [0.29, 0.717) is 5.69 Å². The minimum atomic E-state index is -4.55. The number of alkyl halides is 3. The molecule has 0 aliphatic heterocycles. The summed E-state index contributed by atoms with van der Waals surface area (Å²) >= 11 is 0. The Labute approximate surface area is 155 Å². The maximum atomic E-state index is 12.6. The Balaban J connectivity index is 1.98. The Morgan fingerprint density at radius 2 is 1.70 bits per heavy atom. The highest BCUT2D eigenvalue weighted by atomic mass is 19.4. The van der Waals surface area contributed by atoms with Gasteiger partial charge in [0.1, 0.15) is 5.69 Å². The Bertz CT molecular complexity index is 831. The topological polar surface area (TPSA) is 71.1 Å². The van der Waals surface area contributed by atoms with Gasteiger partial charge in [0.2, 0.25) is 5.91 Å². The van der Waals surface area contributed by atoms with Gasteiger partial charge in [0.25, 0.3) is 5.91 Å². The summed E-state index contributed by atoms with van der Waals surface area (Å²) < 4.78 is 37.9. The van der Waals surface area contributed by atoms with E-state index in [-0.39, 0.29) is 29.6 Å². The summed E-state index contributed by atoms with van der Waals surface area (Å²) in [5, 5.41) is 5.40. The lowest BCUT2D eigenvalue weighted by molar-refractivity contribution is -0.141. The number of anilines is 1. The molecule has 0 saturated heterocycles. The van der Waals surface area contributed by atoms with Crippen LogP contribution in [-0.2, 0) is 17.5 Å². The smallest absolute Gasteiger partial charge is 0.348 e. The zero-order chi connectivity index (χ0) is 20.2. The fraction of sp³-hybridized carbons (Fsp3) is 0.316. The van der Waals surface area contributed by atoms with E-state index in [4.69, 9.17) is 0 Å². The lowest BCUT2D eigenvalue weighted by atomic mass is 10.1. The molecule has 27 heavy (non-hydrogen) atoms. The van der Waals surface area contributed by atoms with E-state index in [2.05, 4.69) is 15.6 Å². The van der Waals surface area contributed by atoms with E-state index in [0.717, 1.165) is 17.7 Å². The quantitative estimate of drug-likeness (QED) is 0.827. The molecule has 1 aromatic heterocycles. The number of rotatable bonds is 5. The molecule has 5 nitrogen and oxygen atoms in total. The first-order valence-electron chi connectivity index (χ1n) is 8.30. The van der Waals surface area contributed by atoms with E-state index in [1.165, 1.54) is 6.92 Å². The highest BCUT2D eigenvalue weighted by Gasteiger charge is 2.33. The molecule has 0 fully saturated rings. The molecule has 1 heterocycles. The number of nitrogens with zero attached hydrogens (tertiary/aromatic N) is 1. The Morgan fingerprint density at radius 1 is 1.07 bits per heavy atom. The largest absolute Gasteiger partial charge is 0.433 e. The second-order valence-electron chi connectivity index (χ2n) is 6.35. The number of carbonyl (C=O) groups excluding carboxylic acids is 2. The van der Waals surface area contributed by atoms with Gasteiger partial charge in [0.05, 0.1) is 11.3 Å². The number of amides is 2. The van der Waals surface area contributed by atoms with Crippen molar-refractivity contribution in [3.63, 3.8) is 0 Å². The number of hydrogen-bond acceptors (Lipinski definition) is 3. The molecule has 2 rings (SSSR count). The third-order valence-electron chi connectivity index (χ3n) is 3.82. The van der Waals surface area contributed by atoms with Gasteiger partial charge in [-0.05, 0) is 36.8 Å². The van der Waals surface area contributed by atoms with Crippen molar-refractivity contribution < 1.29 is 22.8 Å². The molecule has 0 saturated carbocycles. The van der Waals surface area contributed by atoms with Gasteiger partial charge in [0, 0.05) is 18.2 Å². The summed E-state index contributed by atoms with van der Waals surface area (Å²) in [5.41, 5.74) is 0.489. The third kappa shape index (κ3) is 5.54. The fourth-order valence-electron chi connectivity index (χ4n) is 2.23. The van der Waals surface area contributed by atoms with E-state index < -0.39 is 17.8 Å². The van der Waals surface area contributed by atoms with Crippen molar-refractivity contribution in [2.75, 3.05) is 5.32 Å². The van der Waals surface area contributed by atoms with Gasteiger partial charge in [-0.3, -0.25) is 9.59 Å². The number of aryl methyl sites for hydroxylation is 1. The van der Waals surface area contributed by atoms with Crippen LogP contribution in [0.3, 0.4) is 0 Å². The number of carbonyl (C=O) groups is 2. The van der Waals surface area contributed by atoms with Crippen molar-refractivity contribution in [3.05, 3.63) is 58.9 Å². The van der Waals surface area contributed by atoms with Crippen molar-refractivity contribution in [2.45, 2.75) is 33.5 Å². The number of pyridine rings is 1. The van der Waals surface area contributed by atoms with Crippen LogP contribution >= 0.6 is 0 Å². The van der Waals surface area contributed by atoms with E-state index in [9.17, 15) is 22.8 Å². The van der Waals surface area contributed by atoms with Crippen molar-refractivity contribution in [1.82, 2.24) is 10.3 Å². The SMILES string of the molecule is Cc1nc(C(F)(F)F)ccc1C(=O)NCc1ccc(NC(=O)C(C)C)cc1. The normalized spacial score (nSPS) is 11.4. The predicted octanol–water partition coefficient (Wildman–Crippen LogP) is 3.93. The van der Waals surface area contributed by atoms with Gasteiger partial charge in [0.15, 0.2) is 0 Å². The highest BCUT2D eigenvalue weighted by Crippen LogP contribution is 2.28. The van der Waals surface area contributed by atoms with Crippen LogP contribution in [0.2, 0.25) is 0 Å². The monoisotopic (exact) mass is 379 g/mol. The molecule has 1 aromatic carbocycles. The van der Waals surface area contributed by atoms with Crippen LogP contribution in [0.4, 0.5) is 18.9 Å². The summed E-state index contributed by atoms with van der Waals surface area (Å²) in [7, 11) is 0. The van der Waals surface area contributed by atoms with Crippen molar-refractivity contribution in [3.8, 4) is 0 Å². The molecule has 0 aliphatic rings. The second-order valence-corrected chi connectivity index (χ2v) is 6.35. The molecule has 0 spiro atoms. The average Bonchev–Trinajstić information content (AvgIpc) is 2.59. The van der Waals surface area contributed by atoms with E-state index in [1.54, 1.807) is 38.1 Å². The molecule has 2 aromatic rings. The number of halogens is 3. The Morgan fingerprint density at radius 3 is 2.22 bits per heavy atom. The minimum absolute atomic E-state index is 0.00840. The Kier molecular flexibility index (Phi) is 6.20. The molecular formula is C19H20F3N3O2. The first-order valence-corrected chi connectivity index (χ1v) is 8.30. The molecule has 2 amide bonds. The van der Waals surface area contributed by atoms with Gasteiger partial charge in [-0.2, -0.15) is 13.2 Å². The predicted molar refractivity (Wildman–Crippen MR) is 95.1 cm³/mol. The summed E-state index contributed by atoms with van der Waals surface area (Å²) in [6.45, 7) is 5.13. The molecule has 0 unspecified atom stereocenters. The van der Waals surface area contributed by atoms with Crippen LogP contribution in [0.1, 0.15) is 41.2 Å². The van der Waals surface area contributed by atoms with E-state index in [1.807, 2.05) is 0 Å². The summed E-state index contributed by atoms with van der Waals surface area (Å²) in [5.74, 6) is -0.739. The first kappa shape index (κ1) is 20.4. The molecule has 8 heteroatoms. The molecule has 2 N–H and O–H groups in total. The summed E-state index contributed by atoms with van der Waals surface area (Å²) in [6.07, 6.45) is -4.55. The van der Waals surface area contributed by atoms with Gasteiger partial charge >= 0.3 is 6.18 Å². The van der Waals surface area contributed by atoms with Crippen molar-refractivity contribution in [2.24, 2.45) is 5.92 Å². The molecule has 0 atom stereocenters. The third-order valence-corrected chi connectivity index (χ3v) is 3.82. The van der Waals surface area contributed by atoms with Gasteiger partial charge in [-0.15, -0.1) is 0 Å². The average molecular weight is 379 g/mol. The zero-order valence-electron chi connectivity index (χ0n) is 15.1. The lowest BCUT2D eigenvalue weighted by Gasteiger charge is -2.11. The van der Waals surface area contributed by atoms with Crippen LogP contribution in [0.15, 0.2) is 36.4 Å². The van der Waals surface area contributed by atoms with Crippen LogP contribution < -0.4 is 10.6 Å². The van der Waals surface area contributed by atoms with Crippen LogP contribution in [0.25, 0.3) is 0 Å². The maximum absolute atomic E-state index is 12.6. The van der Waals surface area contributed by atoms with Crippen LogP contribution in [0.5, 0.6) is 0 Å². The number of benzene rings is 1. The summed E-state index contributed by atoms with van der Waals surface area (Å²) in [4.78, 5) is 27.3. The van der Waals surface area contributed by atoms with Gasteiger partial charge < -0.3 is 10.6 Å². The van der Waals surface area contributed by atoms with Crippen LogP contribution in [-0.4, -0.2) is 16.8 Å². The first-order chi connectivity index (χ1) is 12.6. The standard InChI is InChI=1S/C19H20F3N3O2/c1-11(2)17(26)25-14-6-4-13(5-7-14)10-23-18(27)15-8-9-16(19(20,21)22)24-12(15)3/h4-9,11H,10H2,1-3H3,(H,23,27)(H,25,26). The minimum Gasteiger partial charge on any atom is -0.348 e. The number of hydrogen-bond donors (Lipinski definition) is 2. The lowest BCUT2D eigenvalue weighted by Crippen LogP contribution is -2.24. The van der Waals surface area contributed by atoms with E-state index >= 15 is 0 Å². The van der Waals surface area contributed by atoms with Crippen molar-refractivity contribution >= 4 is 17.5 Å². The second kappa shape index (κ2) is 8.20. The van der Waals surface area contributed by atoms with Crippen molar-refractivity contribution in [1.29, 1.82) is 0 Å². The number of nitrogens with one attached hydrogen (secondary N) is 2. The molecule has 0 radical (unpaired) electrons. The maximum Gasteiger partial charge on any atom is 0.433 e. The molecule has 0 bridgehead atoms. The number of aromatic nitrogens is 1. The van der Waals surface area contributed by atoms with Gasteiger partial charge in [-0.25, -0.2) is 4.98 Å². The molecule has 0 aliphatic carbocycles.